The van der Waals surface area contributed by atoms with E-state index in [1.807, 2.05) is 13.0 Å². The maximum atomic E-state index is 13.6. The molecule has 8 nitrogen and oxygen atoms in total. The van der Waals surface area contributed by atoms with E-state index in [-0.39, 0.29) is 35.0 Å². The number of benzene rings is 1. The van der Waals surface area contributed by atoms with Crippen LogP contribution in [0.2, 0.25) is 0 Å². The summed E-state index contributed by atoms with van der Waals surface area (Å²) in [5.41, 5.74) is 0.638. The van der Waals surface area contributed by atoms with Crippen LogP contribution in [0.1, 0.15) is 51.1 Å². The van der Waals surface area contributed by atoms with Crippen LogP contribution in [0.3, 0.4) is 0 Å². The molecule has 0 spiro atoms. The third-order valence-corrected chi connectivity index (χ3v) is 10.4. The van der Waals surface area contributed by atoms with E-state index < -0.39 is 20.0 Å². The number of piperidine rings is 1. The van der Waals surface area contributed by atoms with Gasteiger partial charge in [0.1, 0.15) is 0 Å². The van der Waals surface area contributed by atoms with Crippen LogP contribution in [0.25, 0.3) is 0 Å². The quantitative estimate of drug-likeness (QED) is 0.516. The molecule has 0 amide bonds. The van der Waals surface area contributed by atoms with Crippen molar-refractivity contribution in [1.29, 1.82) is 0 Å². The van der Waals surface area contributed by atoms with Gasteiger partial charge in [0.15, 0.2) is 0 Å². The Hall–Kier alpha value is -1.85. The van der Waals surface area contributed by atoms with Crippen LogP contribution >= 0.6 is 0 Å². The van der Waals surface area contributed by atoms with E-state index in [4.69, 9.17) is 4.74 Å². The topological polar surface area (TPSA) is 96.9 Å². The molecule has 0 saturated carbocycles. The van der Waals surface area contributed by atoms with Gasteiger partial charge in [0, 0.05) is 31.9 Å². The van der Waals surface area contributed by atoms with Gasteiger partial charge in [-0.3, -0.25) is 4.98 Å². The molecule has 0 radical (unpaired) electrons. The number of aromatic nitrogens is 1. The van der Waals surface area contributed by atoms with Crippen molar-refractivity contribution < 1.29 is 21.6 Å². The van der Waals surface area contributed by atoms with Crippen LogP contribution in [0.4, 0.5) is 0 Å². The van der Waals surface area contributed by atoms with Gasteiger partial charge in [0.25, 0.3) is 0 Å². The normalized spacial score (nSPS) is 22.3. The largest absolute Gasteiger partial charge is 0.377 e. The first kappa shape index (κ1) is 25.2. The zero-order valence-corrected chi connectivity index (χ0v) is 21.2. The number of ether oxygens (including phenoxy) is 1. The van der Waals surface area contributed by atoms with Crippen LogP contribution in [-0.4, -0.2) is 62.3 Å². The summed E-state index contributed by atoms with van der Waals surface area (Å²) in [7, 11) is -7.56. The highest BCUT2D eigenvalue weighted by molar-refractivity contribution is 7.89. The van der Waals surface area contributed by atoms with Gasteiger partial charge in [-0.1, -0.05) is 19.4 Å². The first-order valence-corrected chi connectivity index (χ1v) is 14.8. The molecule has 0 bridgehead atoms. The Kier molecular flexibility index (Phi) is 8.04. The molecule has 1 aromatic heterocycles. The molecule has 34 heavy (non-hydrogen) atoms. The number of pyridine rings is 1. The minimum atomic E-state index is -3.88. The Labute approximate surface area is 203 Å². The maximum absolute atomic E-state index is 13.6. The molecule has 2 aromatic rings. The molecule has 2 aliphatic rings. The number of sulfonamides is 2. The Bertz CT molecular complexity index is 1150. The Morgan fingerprint density at radius 3 is 2.41 bits per heavy atom. The zero-order chi connectivity index (χ0) is 24.2. The third kappa shape index (κ3) is 5.52. The molecular weight excluding hydrogens is 474 g/mol. The van der Waals surface area contributed by atoms with Crippen molar-refractivity contribution in [2.24, 2.45) is 0 Å². The zero-order valence-electron chi connectivity index (χ0n) is 19.5. The molecule has 2 fully saturated rings. The second-order valence-electron chi connectivity index (χ2n) is 8.90. The number of rotatable bonds is 9. The summed E-state index contributed by atoms with van der Waals surface area (Å²) >= 11 is 0. The molecule has 1 aromatic carbocycles. The average molecular weight is 508 g/mol. The molecule has 0 N–H and O–H groups in total. The average Bonchev–Trinajstić information content (AvgIpc) is 3.37. The van der Waals surface area contributed by atoms with Gasteiger partial charge >= 0.3 is 0 Å². The van der Waals surface area contributed by atoms with Gasteiger partial charge in [0.2, 0.25) is 20.0 Å². The van der Waals surface area contributed by atoms with Crippen molar-refractivity contribution in [1.82, 2.24) is 13.6 Å². The summed E-state index contributed by atoms with van der Waals surface area (Å²) < 4.78 is 62.3. The third-order valence-electron chi connectivity index (χ3n) is 6.61. The fraction of sp³-hybridized carbons (Fsp3) is 0.542. The summed E-state index contributed by atoms with van der Waals surface area (Å²) in [5, 5.41) is 0. The van der Waals surface area contributed by atoms with E-state index in [0.29, 0.717) is 18.8 Å². The predicted molar refractivity (Wildman–Crippen MR) is 129 cm³/mol. The minimum absolute atomic E-state index is 0.0116. The minimum Gasteiger partial charge on any atom is -0.377 e. The van der Waals surface area contributed by atoms with E-state index in [2.05, 4.69) is 4.98 Å². The Balaban J connectivity index is 1.59. The lowest BCUT2D eigenvalue weighted by atomic mass is 10.0. The SMILES string of the molecule is CC[C@@H]1CCCCN1S(=O)(=O)c1ccc(S(=O)(=O)N(Cc2ccccn2)C[C@H]2CCCO2)cc1. The smallest absolute Gasteiger partial charge is 0.243 e. The van der Waals surface area contributed by atoms with Crippen LogP contribution in [-0.2, 0) is 31.3 Å². The molecule has 186 valence electrons. The predicted octanol–water partition coefficient (Wildman–Crippen LogP) is 3.40. The van der Waals surface area contributed by atoms with Gasteiger partial charge in [-0.05, 0) is 68.5 Å². The summed E-state index contributed by atoms with van der Waals surface area (Å²) in [6.45, 7) is 3.47. The summed E-state index contributed by atoms with van der Waals surface area (Å²) in [6, 6.07) is 11.0. The van der Waals surface area contributed by atoms with Gasteiger partial charge in [-0.15, -0.1) is 0 Å². The van der Waals surface area contributed by atoms with E-state index in [0.717, 1.165) is 38.5 Å². The molecule has 3 heterocycles. The van der Waals surface area contributed by atoms with E-state index in [1.165, 1.54) is 28.6 Å². The van der Waals surface area contributed by atoms with Crippen LogP contribution in [0.15, 0.2) is 58.5 Å². The standard InChI is InChI=1S/C24H33N3O5S2/c1-2-21-9-4-6-16-27(21)34(30,31)24-13-11-23(12-14-24)33(28,29)26(19-22-10-7-17-32-22)18-20-8-3-5-15-25-20/h3,5,8,11-15,21-22H,2,4,6-7,9-10,16-19H2,1H3/t21-,22-/m1/s1. The second-order valence-corrected chi connectivity index (χ2v) is 12.7. The van der Waals surface area contributed by atoms with E-state index >= 15 is 0 Å². The second kappa shape index (κ2) is 10.8. The van der Waals surface area contributed by atoms with Gasteiger partial charge in [-0.25, -0.2) is 16.8 Å². The molecule has 4 rings (SSSR count). The highest BCUT2D eigenvalue weighted by atomic mass is 32.2. The summed E-state index contributed by atoms with van der Waals surface area (Å²) in [4.78, 5) is 4.47. The Morgan fingerprint density at radius 2 is 1.76 bits per heavy atom. The monoisotopic (exact) mass is 507 g/mol. The fourth-order valence-corrected chi connectivity index (χ4v) is 7.91. The lowest BCUT2D eigenvalue weighted by Gasteiger charge is -2.34. The van der Waals surface area contributed by atoms with Crippen LogP contribution in [0, 0.1) is 0 Å². The molecular formula is C24H33N3O5S2. The van der Waals surface area contributed by atoms with Crippen molar-refractivity contribution >= 4 is 20.0 Å². The van der Waals surface area contributed by atoms with Crippen molar-refractivity contribution in [3.63, 3.8) is 0 Å². The van der Waals surface area contributed by atoms with E-state index in [1.54, 1.807) is 22.6 Å². The molecule has 2 atom stereocenters. The summed E-state index contributed by atoms with van der Waals surface area (Å²) in [5.74, 6) is 0. The van der Waals surface area contributed by atoms with E-state index in [9.17, 15) is 16.8 Å². The highest BCUT2D eigenvalue weighted by Gasteiger charge is 2.34. The number of hydrogen-bond donors (Lipinski definition) is 0. The van der Waals surface area contributed by atoms with Gasteiger partial charge in [-0.2, -0.15) is 8.61 Å². The van der Waals surface area contributed by atoms with Crippen LogP contribution < -0.4 is 0 Å². The lowest BCUT2D eigenvalue weighted by molar-refractivity contribution is 0.0924. The van der Waals surface area contributed by atoms with Crippen LogP contribution in [0.5, 0.6) is 0 Å². The number of hydrogen-bond acceptors (Lipinski definition) is 6. The first-order chi connectivity index (χ1) is 16.3. The molecule has 10 heteroatoms. The highest BCUT2D eigenvalue weighted by Crippen LogP contribution is 2.28. The van der Waals surface area contributed by atoms with Gasteiger partial charge in [0.05, 0.1) is 28.1 Å². The van der Waals surface area contributed by atoms with Crippen molar-refractivity contribution in [3.8, 4) is 0 Å². The maximum Gasteiger partial charge on any atom is 0.243 e. The summed E-state index contributed by atoms with van der Waals surface area (Å²) in [6.07, 6.45) is 6.67. The first-order valence-electron chi connectivity index (χ1n) is 12.0. The lowest BCUT2D eigenvalue weighted by Crippen LogP contribution is -2.43. The van der Waals surface area contributed by atoms with Crippen molar-refractivity contribution in [3.05, 3.63) is 54.4 Å². The van der Waals surface area contributed by atoms with Crippen molar-refractivity contribution in [2.45, 2.75) is 73.9 Å². The Morgan fingerprint density at radius 1 is 1.00 bits per heavy atom. The molecule has 2 saturated heterocycles. The van der Waals surface area contributed by atoms with Gasteiger partial charge < -0.3 is 4.74 Å². The fourth-order valence-electron chi connectivity index (χ4n) is 4.70. The molecule has 0 unspecified atom stereocenters. The molecule has 2 aliphatic heterocycles. The molecule has 0 aliphatic carbocycles. The number of nitrogens with zero attached hydrogens (tertiary/aromatic N) is 3. The van der Waals surface area contributed by atoms with Crippen molar-refractivity contribution in [2.75, 3.05) is 19.7 Å².